The molecule has 0 spiro atoms. The van der Waals surface area contributed by atoms with Crippen molar-refractivity contribution in [3.63, 3.8) is 0 Å². The van der Waals surface area contributed by atoms with E-state index in [4.69, 9.17) is 4.74 Å². The van der Waals surface area contributed by atoms with E-state index in [1.54, 1.807) is 0 Å². The van der Waals surface area contributed by atoms with Gasteiger partial charge < -0.3 is 10.1 Å². The van der Waals surface area contributed by atoms with Crippen LogP contribution in [0, 0.1) is 23.7 Å². The van der Waals surface area contributed by atoms with Crippen LogP contribution >= 0.6 is 0 Å². The molecule has 1 N–H and O–H groups in total. The molecule has 2 rings (SSSR count). The quantitative estimate of drug-likeness (QED) is 0.786. The van der Waals surface area contributed by atoms with Gasteiger partial charge in [0.1, 0.15) is 0 Å². The summed E-state index contributed by atoms with van der Waals surface area (Å²) >= 11 is 0. The van der Waals surface area contributed by atoms with Crippen LogP contribution in [0.1, 0.15) is 66.2 Å². The molecule has 20 heavy (non-hydrogen) atoms. The highest BCUT2D eigenvalue weighted by Crippen LogP contribution is 2.39. The lowest BCUT2D eigenvalue weighted by atomic mass is 9.70. The van der Waals surface area contributed by atoms with E-state index < -0.39 is 0 Å². The first-order chi connectivity index (χ1) is 9.65. The van der Waals surface area contributed by atoms with E-state index in [9.17, 15) is 0 Å². The van der Waals surface area contributed by atoms with Gasteiger partial charge in [-0.3, -0.25) is 0 Å². The average Bonchev–Trinajstić information content (AvgIpc) is 2.86. The normalized spacial score (nSPS) is 39.9. The summed E-state index contributed by atoms with van der Waals surface area (Å²) in [6.45, 7) is 11.6. The maximum Gasteiger partial charge on any atom is 0.0616 e. The Morgan fingerprint density at radius 1 is 1.10 bits per heavy atom. The Morgan fingerprint density at radius 3 is 2.40 bits per heavy atom. The summed E-state index contributed by atoms with van der Waals surface area (Å²) in [5, 5.41) is 3.91. The van der Waals surface area contributed by atoms with Crippen molar-refractivity contribution in [2.75, 3.05) is 13.2 Å². The SMILES string of the molecule is CCCNC(C1CC(C)CC(C)C1)C1CCOC1CC. The standard InChI is InChI=1S/C18H35NO/c1-5-8-19-18(16-7-9-20-17(16)6-2)15-11-13(3)10-14(4)12-15/h13-19H,5-12H2,1-4H3. The van der Waals surface area contributed by atoms with Crippen LogP contribution < -0.4 is 5.32 Å². The predicted molar refractivity (Wildman–Crippen MR) is 85.9 cm³/mol. The molecule has 1 saturated heterocycles. The molecule has 0 aromatic rings. The van der Waals surface area contributed by atoms with Gasteiger partial charge in [-0.05, 0) is 62.8 Å². The van der Waals surface area contributed by atoms with E-state index >= 15 is 0 Å². The largest absolute Gasteiger partial charge is 0.378 e. The molecule has 1 aliphatic carbocycles. The highest BCUT2D eigenvalue weighted by Gasteiger charge is 2.39. The second-order valence-electron chi connectivity index (χ2n) is 7.43. The molecule has 2 heteroatoms. The Balaban J connectivity index is 2.05. The first-order valence-electron chi connectivity index (χ1n) is 9.00. The third kappa shape index (κ3) is 3.98. The number of rotatable bonds is 6. The summed E-state index contributed by atoms with van der Waals surface area (Å²) in [6, 6.07) is 0.688. The summed E-state index contributed by atoms with van der Waals surface area (Å²) in [5.41, 5.74) is 0. The van der Waals surface area contributed by atoms with Crippen molar-refractivity contribution in [3.8, 4) is 0 Å². The highest BCUT2D eigenvalue weighted by atomic mass is 16.5. The van der Waals surface area contributed by atoms with Gasteiger partial charge in [-0.25, -0.2) is 0 Å². The van der Waals surface area contributed by atoms with Crippen LogP contribution in [0.25, 0.3) is 0 Å². The third-order valence-corrected chi connectivity index (χ3v) is 5.48. The van der Waals surface area contributed by atoms with Crippen molar-refractivity contribution < 1.29 is 4.74 Å². The minimum atomic E-state index is 0.497. The minimum Gasteiger partial charge on any atom is -0.378 e. The Kier molecular flexibility index (Phi) is 6.35. The first kappa shape index (κ1) is 16.3. The number of nitrogens with one attached hydrogen (secondary N) is 1. The lowest BCUT2D eigenvalue weighted by Gasteiger charge is -2.40. The summed E-state index contributed by atoms with van der Waals surface area (Å²) in [4.78, 5) is 0. The molecular weight excluding hydrogens is 246 g/mol. The van der Waals surface area contributed by atoms with Gasteiger partial charge in [-0.1, -0.05) is 27.7 Å². The molecular formula is C18H35NO. The zero-order valence-electron chi connectivity index (χ0n) is 14.0. The molecule has 1 saturated carbocycles. The van der Waals surface area contributed by atoms with Crippen LogP contribution in [0.5, 0.6) is 0 Å². The van der Waals surface area contributed by atoms with Crippen LogP contribution in [0.4, 0.5) is 0 Å². The molecule has 5 unspecified atom stereocenters. The van der Waals surface area contributed by atoms with Crippen molar-refractivity contribution in [1.82, 2.24) is 5.32 Å². The molecule has 1 heterocycles. The Morgan fingerprint density at radius 2 is 1.80 bits per heavy atom. The van der Waals surface area contributed by atoms with Gasteiger partial charge in [-0.2, -0.15) is 0 Å². The monoisotopic (exact) mass is 281 g/mol. The van der Waals surface area contributed by atoms with Crippen molar-refractivity contribution in [1.29, 1.82) is 0 Å². The Hall–Kier alpha value is -0.0800. The van der Waals surface area contributed by atoms with Gasteiger partial charge in [0, 0.05) is 18.6 Å². The van der Waals surface area contributed by atoms with Crippen molar-refractivity contribution in [2.24, 2.45) is 23.7 Å². The van der Waals surface area contributed by atoms with E-state index in [1.165, 1.54) is 38.5 Å². The molecule has 0 amide bonds. The van der Waals surface area contributed by atoms with Gasteiger partial charge in [0.05, 0.1) is 6.10 Å². The highest BCUT2D eigenvalue weighted by molar-refractivity contribution is 4.92. The molecule has 0 aromatic heterocycles. The van der Waals surface area contributed by atoms with Crippen molar-refractivity contribution >= 4 is 0 Å². The van der Waals surface area contributed by atoms with E-state index in [1.807, 2.05) is 0 Å². The summed E-state index contributed by atoms with van der Waals surface area (Å²) in [6.07, 6.45) is 8.43. The zero-order valence-corrected chi connectivity index (χ0v) is 14.0. The maximum atomic E-state index is 5.98. The number of hydrogen-bond acceptors (Lipinski definition) is 2. The zero-order chi connectivity index (χ0) is 14.5. The number of hydrogen-bond donors (Lipinski definition) is 1. The molecule has 1 aliphatic heterocycles. The molecule has 2 fully saturated rings. The fourth-order valence-electron chi connectivity index (χ4n) is 4.78. The van der Waals surface area contributed by atoms with Crippen LogP contribution in [0.3, 0.4) is 0 Å². The fourth-order valence-corrected chi connectivity index (χ4v) is 4.78. The summed E-state index contributed by atoms with van der Waals surface area (Å²) in [5.74, 6) is 3.41. The van der Waals surface area contributed by atoms with E-state index in [0.29, 0.717) is 12.1 Å². The molecule has 2 nitrogen and oxygen atoms in total. The minimum absolute atomic E-state index is 0.497. The smallest absolute Gasteiger partial charge is 0.0616 e. The molecule has 0 bridgehead atoms. The Labute approximate surface area is 126 Å². The van der Waals surface area contributed by atoms with E-state index in [2.05, 4.69) is 33.0 Å². The van der Waals surface area contributed by atoms with Crippen LogP contribution in [0.15, 0.2) is 0 Å². The molecule has 0 aromatic carbocycles. The van der Waals surface area contributed by atoms with E-state index in [0.717, 1.165) is 36.8 Å². The molecule has 118 valence electrons. The van der Waals surface area contributed by atoms with E-state index in [-0.39, 0.29) is 0 Å². The summed E-state index contributed by atoms with van der Waals surface area (Å²) in [7, 11) is 0. The predicted octanol–water partition coefficient (Wildman–Crippen LogP) is 4.24. The fraction of sp³-hybridized carbons (Fsp3) is 1.00. The molecule has 5 atom stereocenters. The number of ether oxygens (including phenoxy) is 1. The second kappa shape index (κ2) is 7.79. The lowest BCUT2D eigenvalue weighted by molar-refractivity contribution is 0.0573. The Bertz CT molecular complexity index is 271. The topological polar surface area (TPSA) is 21.3 Å². The maximum absolute atomic E-state index is 5.98. The van der Waals surface area contributed by atoms with Crippen molar-refractivity contribution in [2.45, 2.75) is 78.4 Å². The molecule has 0 radical (unpaired) electrons. The summed E-state index contributed by atoms with van der Waals surface area (Å²) < 4.78 is 5.98. The van der Waals surface area contributed by atoms with Gasteiger partial charge in [-0.15, -0.1) is 0 Å². The van der Waals surface area contributed by atoms with Crippen LogP contribution in [0.2, 0.25) is 0 Å². The lowest BCUT2D eigenvalue weighted by Crippen LogP contribution is -2.47. The van der Waals surface area contributed by atoms with Gasteiger partial charge in [0.25, 0.3) is 0 Å². The second-order valence-corrected chi connectivity index (χ2v) is 7.43. The van der Waals surface area contributed by atoms with Crippen LogP contribution in [-0.4, -0.2) is 25.3 Å². The van der Waals surface area contributed by atoms with Crippen molar-refractivity contribution in [3.05, 3.63) is 0 Å². The van der Waals surface area contributed by atoms with Gasteiger partial charge in [0.2, 0.25) is 0 Å². The van der Waals surface area contributed by atoms with Gasteiger partial charge in [0.15, 0.2) is 0 Å². The molecule has 2 aliphatic rings. The third-order valence-electron chi connectivity index (χ3n) is 5.48. The van der Waals surface area contributed by atoms with Crippen LogP contribution in [-0.2, 0) is 4.74 Å². The first-order valence-corrected chi connectivity index (χ1v) is 9.00. The average molecular weight is 281 g/mol. The van der Waals surface area contributed by atoms with Gasteiger partial charge >= 0.3 is 0 Å².